The number of hydrogen-bond acceptors (Lipinski definition) is 4. The minimum Gasteiger partial charge on any atom is -0.493 e. The second kappa shape index (κ2) is 10.3. The third kappa shape index (κ3) is 4.98. The fraction of sp³-hybridized carbons (Fsp3) is 0.393. The van der Waals surface area contributed by atoms with Crippen LogP contribution < -0.4 is 9.47 Å². The first-order valence-corrected chi connectivity index (χ1v) is 11.8. The molecule has 0 fully saturated rings. The normalized spacial score (nSPS) is 21.3. The minimum absolute atomic E-state index is 0.0246. The highest BCUT2D eigenvalue weighted by Crippen LogP contribution is 2.36. The molecule has 0 aromatic heterocycles. The van der Waals surface area contributed by atoms with Gasteiger partial charge in [0, 0.05) is 31.1 Å². The molecule has 1 atom stereocenters. The van der Waals surface area contributed by atoms with Crippen LogP contribution in [0.1, 0.15) is 38.7 Å². The van der Waals surface area contributed by atoms with Crippen molar-refractivity contribution in [3.63, 3.8) is 0 Å². The Morgan fingerprint density at radius 3 is 2.61 bits per heavy atom. The molecule has 3 aliphatic heterocycles. The van der Waals surface area contributed by atoms with Gasteiger partial charge in [0.15, 0.2) is 11.5 Å². The van der Waals surface area contributed by atoms with Crippen LogP contribution >= 0.6 is 0 Å². The van der Waals surface area contributed by atoms with Crippen LogP contribution in [0.3, 0.4) is 0 Å². The van der Waals surface area contributed by atoms with Crippen molar-refractivity contribution in [1.82, 2.24) is 9.80 Å². The number of benzene rings is 1. The summed E-state index contributed by atoms with van der Waals surface area (Å²) in [6.45, 7) is 7.56. The summed E-state index contributed by atoms with van der Waals surface area (Å²) in [4.78, 5) is 17.7. The smallest absolute Gasteiger partial charge is 0.255 e. The molecule has 1 unspecified atom stereocenters. The molecule has 1 aromatic carbocycles. The van der Waals surface area contributed by atoms with Crippen molar-refractivity contribution in [3.05, 3.63) is 77.2 Å². The third-order valence-electron chi connectivity index (χ3n) is 6.63. The maximum Gasteiger partial charge on any atom is 0.255 e. The minimum atomic E-state index is -0.0246. The second-order valence-electron chi connectivity index (χ2n) is 8.84. The van der Waals surface area contributed by atoms with E-state index < -0.39 is 0 Å². The Labute approximate surface area is 197 Å². The summed E-state index contributed by atoms with van der Waals surface area (Å²) in [5.74, 6) is 1.52. The van der Waals surface area contributed by atoms with Gasteiger partial charge < -0.3 is 9.47 Å². The summed E-state index contributed by atoms with van der Waals surface area (Å²) in [5.41, 5.74) is 5.39. The van der Waals surface area contributed by atoms with E-state index in [1.165, 1.54) is 12.0 Å². The molecule has 0 bridgehead atoms. The van der Waals surface area contributed by atoms with E-state index in [1.54, 1.807) is 25.2 Å². The third-order valence-corrected chi connectivity index (χ3v) is 6.63. The number of ether oxygens (including phenoxy) is 2. The van der Waals surface area contributed by atoms with Gasteiger partial charge >= 0.3 is 0 Å². The molecular formula is C28H34N2O3. The monoisotopic (exact) mass is 446 g/mol. The number of carbonyl (C=O) groups is 1. The number of allylic oxidation sites excluding steroid dienone is 5. The molecule has 174 valence electrons. The van der Waals surface area contributed by atoms with Crippen molar-refractivity contribution < 1.29 is 14.3 Å². The zero-order chi connectivity index (χ0) is 23.4. The lowest BCUT2D eigenvalue weighted by Gasteiger charge is -2.30. The van der Waals surface area contributed by atoms with Gasteiger partial charge in [-0.3, -0.25) is 14.6 Å². The Bertz CT molecular complexity index is 1060. The lowest BCUT2D eigenvalue weighted by Crippen LogP contribution is -2.31. The molecular weight excluding hydrogens is 412 g/mol. The second-order valence-corrected chi connectivity index (χ2v) is 8.84. The van der Waals surface area contributed by atoms with E-state index in [1.807, 2.05) is 24.4 Å². The van der Waals surface area contributed by atoms with Gasteiger partial charge in [0.1, 0.15) is 0 Å². The summed E-state index contributed by atoms with van der Waals surface area (Å²) in [6, 6.07) is 5.84. The topological polar surface area (TPSA) is 42.0 Å². The van der Waals surface area contributed by atoms with Gasteiger partial charge in [-0.15, -0.1) is 0 Å². The van der Waals surface area contributed by atoms with Gasteiger partial charge in [-0.1, -0.05) is 38.1 Å². The summed E-state index contributed by atoms with van der Waals surface area (Å²) in [5, 5.41) is 0. The zero-order valence-electron chi connectivity index (χ0n) is 20.1. The molecule has 5 nitrogen and oxygen atoms in total. The van der Waals surface area contributed by atoms with E-state index in [9.17, 15) is 4.79 Å². The first-order chi connectivity index (χ1) is 16.0. The molecule has 0 spiro atoms. The van der Waals surface area contributed by atoms with Crippen molar-refractivity contribution in [2.24, 2.45) is 5.92 Å². The summed E-state index contributed by atoms with van der Waals surface area (Å²) < 4.78 is 10.9. The highest BCUT2D eigenvalue weighted by atomic mass is 16.5. The summed E-state index contributed by atoms with van der Waals surface area (Å²) in [6.07, 6.45) is 15.5. The highest BCUT2D eigenvalue weighted by Gasteiger charge is 2.24. The van der Waals surface area contributed by atoms with Gasteiger partial charge in [0.25, 0.3) is 5.91 Å². The van der Waals surface area contributed by atoms with Crippen molar-refractivity contribution in [2.45, 2.75) is 33.1 Å². The number of nitrogens with zero attached hydrogens (tertiary/aromatic N) is 2. The molecule has 0 aliphatic carbocycles. The number of fused-ring (bicyclic) bond motifs is 1. The van der Waals surface area contributed by atoms with Crippen molar-refractivity contribution >= 4 is 11.5 Å². The molecule has 0 saturated heterocycles. The van der Waals surface area contributed by atoms with Gasteiger partial charge in [0.05, 0.1) is 14.2 Å². The van der Waals surface area contributed by atoms with E-state index in [4.69, 9.17) is 9.47 Å². The van der Waals surface area contributed by atoms with Crippen LogP contribution in [-0.4, -0.2) is 49.6 Å². The number of carbonyl (C=O) groups excluding carboxylic acids is 1. The van der Waals surface area contributed by atoms with E-state index in [0.29, 0.717) is 11.5 Å². The lowest BCUT2D eigenvalue weighted by molar-refractivity contribution is -0.122. The molecule has 3 heterocycles. The lowest BCUT2D eigenvalue weighted by atomic mass is 9.88. The molecule has 5 heteroatoms. The van der Waals surface area contributed by atoms with Gasteiger partial charge in [-0.05, 0) is 72.2 Å². The predicted octanol–water partition coefficient (Wildman–Crippen LogP) is 5.34. The van der Waals surface area contributed by atoms with Crippen LogP contribution in [0.5, 0.6) is 11.5 Å². The Morgan fingerprint density at radius 2 is 1.91 bits per heavy atom. The Morgan fingerprint density at radius 1 is 1.09 bits per heavy atom. The number of amides is 1. The van der Waals surface area contributed by atoms with Crippen LogP contribution in [-0.2, 0) is 4.79 Å². The zero-order valence-corrected chi connectivity index (χ0v) is 20.1. The van der Waals surface area contributed by atoms with Crippen LogP contribution in [0.15, 0.2) is 71.6 Å². The Kier molecular flexibility index (Phi) is 7.19. The first-order valence-electron chi connectivity index (χ1n) is 11.8. The van der Waals surface area contributed by atoms with Crippen molar-refractivity contribution in [2.75, 3.05) is 33.9 Å². The molecule has 33 heavy (non-hydrogen) atoms. The average molecular weight is 447 g/mol. The average Bonchev–Trinajstić information content (AvgIpc) is 2.85. The van der Waals surface area contributed by atoms with Crippen LogP contribution in [0.25, 0.3) is 5.57 Å². The van der Waals surface area contributed by atoms with Gasteiger partial charge in [0.2, 0.25) is 0 Å². The highest BCUT2D eigenvalue weighted by molar-refractivity contribution is 5.98. The van der Waals surface area contributed by atoms with Crippen molar-refractivity contribution in [3.8, 4) is 11.5 Å². The molecule has 1 aromatic rings. The summed E-state index contributed by atoms with van der Waals surface area (Å²) in [7, 11) is 3.26. The Balaban J connectivity index is 1.62. The van der Waals surface area contributed by atoms with Crippen molar-refractivity contribution in [1.29, 1.82) is 0 Å². The molecule has 4 rings (SSSR count). The van der Waals surface area contributed by atoms with E-state index in [2.05, 4.69) is 43.1 Å². The van der Waals surface area contributed by atoms with Gasteiger partial charge in [-0.25, -0.2) is 0 Å². The fourth-order valence-corrected chi connectivity index (χ4v) is 4.70. The van der Waals surface area contributed by atoms with E-state index in [0.717, 1.165) is 54.9 Å². The SMILES string of the molecule is CCCN1CC=C(C2=CN3C(=O)C=C(c4ccc(OC)c(OC)c4)C(C)CC=C3C=C2)CC1. The molecule has 3 aliphatic rings. The molecule has 0 saturated carbocycles. The molecule has 1 amide bonds. The van der Waals surface area contributed by atoms with E-state index in [-0.39, 0.29) is 11.8 Å². The number of rotatable bonds is 6. The van der Waals surface area contributed by atoms with Crippen LogP contribution in [0.2, 0.25) is 0 Å². The maximum absolute atomic E-state index is 13.4. The summed E-state index contributed by atoms with van der Waals surface area (Å²) >= 11 is 0. The number of methoxy groups -OCH3 is 2. The number of hydrogen-bond donors (Lipinski definition) is 0. The first kappa shape index (κ1) is 23.1. The van der Waals surface area contributed by atoms with Gasteiger partial charge in [-0.2, -0.15) is 0 Å². The standard InChI is InChI=1S/C28H34N2O3/c1-5-14-29-15-12-21(13-16-29)23-7-10-24-9-6-20(2)25(18-28(31)30(24)19-23)22-8-11-26(32-3)27(17-22)33-4/h7-12,17-20H,5-6,13-16H2,1-4H3. The quantitative estimate of drug-likeness (QED) is 0.592. The van der Waals surface area contributed by atoms with Crippen LogP contribution in [0.4, 0.5) is 0 Å². The molecule has 0 N–H and O–H groups in total. The molecule has 0 radical (unpaired) electrons. The largest absolute Gasteiger partial charge is 0.493 e. The maximum atomic E-state index is 13.4. The van der Waals surface area contributed by atoms with E-state index >= 15 is 0 Å². The predicted molar refractivity (Wildman–Crippen MR) is 133 cm³/mol. The van der Waals surface area contributed by atoms with Crippen LogP contribution in [0, 0.1) is 5.92 Å². The fourth-order valence-electron chi connectivity index (χ4n) is 4.70. The Hall–Kier alpha value is -3.05.